The molecule has 0 spiro atoms. The lowest BCUT2D eigenvalue weighted by Gasteiger charge is -2.02. The van der Waals surface area contributed by atoms with Crippen molar-refractivity contribution in [2.24, 2.45) is 5.73 Å². The molecule has 2 aromatic rings. The molecule has 0 amide bonds. The van der Waals surface area contributed by atoms with Gasteiger partial charge >= 0.3 is 5.97 Å². The number of thiazole rings is 1. The van der Waals surface area contributed by atoms with E-state index in [-0.39, 0.29) is 0 Å². The minimum Gasteiger partial charge on any atom is -0.480 e. The number of halogens is 2. The fourth-order valence-electron chi connectivity index (χ4n) is 1.34. The molecule has 0 fully saturated rings. The Balaban J connectivity index is 2.38. The molecule has 1 aromatic heterocycles. The Labute approximate surface area is 121 Å². The van der Waals surface area contributed by atoms with Crippen molar-refractivity contribution >= 4 is 44.8 Å². The maximum absolute atomic E-state index is 10.8. The van der Waals surface area contributed by atoms with E-state index in [9.17, 15) is 4.79 Å². The van der Waals surface area contributed by atoms with E-state index in [4.69, 9.17) is 22.4 Å². The van der Waals surface area contributed by atoms with Crippen LogP contribution in [0.15, 0.2) is 28.1 Å². The molecule has 0 saturated carbocycles. The fraction of sp³-hybridized carbons (Fsp3) is 0.0909. The van der Waals surface area contributed by atoms with Gasteiger partial charge in [0.15, 0.2) is 0 Å². The minimum atomic E-state index is -1.10. The number of hydrogen-bond acceptors (Lipinski definition) is 4. The topological polar surface area (TPSA) is 76.2 Å². The number of aromatic nitrogens is 1. The molecule has 94 valence electrons. The standard InChI is InChI=1S/C11H8BrClN2O2S/c12-7-3-5(13)1-2-6(7)10-15-8(4-18-10)9(14)11(16)17/h1-4,9H,14H2,(H,16,17). The number of carboxylic acids is 1. The van der Waals surface area contributed by atoms with Crippen LogP contribution in [0.1, 0.15) is 11.7 Å². The third kappa shape index (κ3) is 2.72. The second-order valence-electron chi connectivity index (χ2n) is 3.52. The fourth-order valence-corrected chi connectivity index (χ4v) is 3.24. The summed E-state index contributed by atoms with van der Waals surface area (Å²) in [6, 6.07) is 4.23. The van der Waals surface area contributed by atoms with Crippen LogP contribution in [0.2, 0.25) is 5.02 Å². The first-order chi connectivity index (χ1) is 8.49. The van der Waals surface area contributed by atoms with Gasteiger partial charge in [-0.2, -0.15) is 0 Å². The molecule has 0 bridgehead atoms. The van der Waals surface area contributed by atoms with Gasteiger partial charge in [-0.1, -0.05) is 27.5 Å². The molecule has 2 rings (SSSR count). The zero-order chi connectivity index (χ0) is 13.3. The Morgan fingerprint density at radius 3 is 2.89 bits per heavy atom. The van der Waals surface area contributed by atoms with Crippen LogP contribution in [-0.2, 0) is 4.79 Å². The summed E-state index contributed by atoms with van der Waals surface area (Å²) in [7, 11) is 0. The molecule has 0 aliphatic carbocycles. The Hall–Kier alpha value is -0.950. The first-order valence-electron chi connectivity index (χ1n) is 4.88. The smallest absolute Gasteiger partial charge is 0.326 e. The summed E-state index contributed by atoms with van der Waals surface area (Å²) in [6.07, 6.45) is 0. The van der Waals surface area contributed by atoms with Crippen molar-refractivity contribution in [3.63, 3.8) is 0 Å². The molecule has 1 atom stereocenters. The number of nitrogens with zero attached hydrogens (tertiary/aromatic N) is 1. The SMILES string of the molecule is NC(C(=O)O)c1csc(-c2ccc(Cl)cc2Br)n1. The number of aliphatic carboxylic acids is 1. The zero-order valence-corrected chi connectivity index (χ0v) is 12.1. The van der Waals surface area contributed by atoms with Gasteiger partial charge < -0.3 is 10.8 Å². The van der Waals surface area contributed by atoms with Gasteiger partial charge in [0.1, 0.15) is 11.0 Å². The first kappa shape index (κ1) is 13.5. The summed E-state index contributed by atoms with van der Waals surface area (Å²) in [4.78, 5) is 15.0. The van der Waals surface area contributed by atoms with E-state index >= 15 is 0 Å². The van der Waals surface area contributed by atoms with Crippen LogP contribution >= 0.6 is 38.9 Å². The highest BCUT2D eigenvalue weighted by Crippen LogP contribution is 2.33. The molecule has 18 heavy (non-hydrogen) atoms. The van der Waals surface area contributed by atoms with Gasteiger partial charge in [-0.15, -0.1) is 11.3 Å². The lowest BCUT2D eigenvalue weighted by atomic mass is 10.2. The number of carboxylic acid groups (broad SMARTS) is 1. The highest BCUT2D eigenvalue weighted by molar-refractivity contribution is 9.10. The van der Waals surface area contributed by atoms with Crippen molar-refractivity contribution in [2.75, 3.05) is 0 Å². The highest BCUT2D eigenvalue weighted by atomic mass is 79.9. The van der Waals surface area contributed by atoms with E-state index in [0.717, 1.165) is 10.0 Å². The van der Waals surface area contributed by atoms with Gasteiger partial charge in [-0.3, -0.25) is 4.79 Å². The summed E-state index contributed by atoms with van der Waals surface area (Å²) in [5, 5.41) is 11.8. The molecule has 7 heteroatoms. The average Bonchev–Trinajstić information content (AvgIpc) is 2.77. The molecular formula is C11H8BrClN2O2S. The molecule has 0 aliphatic heterocycles. The number of benzene rings is 1. The van der Waals surface area contributed by atoms with Gasteiger partial charge in [0.25, 0.3) is 0 Å². The van der Waals surface area contributed by atoms with Crippen molar-refractivity contribution in [1.29, 1.82) is 0 Å². The Morgan fingerprint density at radius 2 is 2.28 bits per heavy atom. The number of hydrogen-bond donors (Lipinski definition) is 2. The van der Waals surface area contributed by atoms with Crippen molar-refractivity contribution in [2.45, 2.75) is 6.04 Å². The van der Waals surface area contributed by atoms with E-state index in [2.05, 4.69) is 20.9 Å². The number of rotatable bonds is 3. The predicted octanol–water partition coefficient (Wildman–Crippen LogP) is 3.31. The first-order valence-corrected chi connectivity index (χ1v) is 6.93. The lowest BCUT2D eigenvalue weighted by Crippen LogP contribution is -2.20. The molecule has 3 N–H and O–H groups in total. The van der Waals surface area contributed by atoms with Gasteiger partial charge in [0.05, 0.1) is 5.69 Å². The molecule has 0 aliphatic rings. The Kier molecular flexibility index (Phi) is 4.01. The van der Waals surface area contributed by atoms with Crippen LogP contribution in [0.4, 0.5) is 0 Å². The molecule has 0 saturated heterocycles. The minimum absolute atomic E-state index is 0.351. The largest absolute Gasteiger partial charge is 0.480 e. The second-order valence-corrected chi connectivity index (χ2v) is 5.67. The predicted molar refractivity (Wildman–Crippen MR) is 74.8 cm³/mol. The van der Waals surface area contributed by atoms with Crippen LogP contribution in [0.3, 0.4) is 0 Å². The summed E-state index contributed by atoms with van der Waals surface area (Å²) in [5.74, 6) is -1.10. The van der Waals surface area contributed by atoms with Crippen LogP contribution in [0, 0.1) is 0 Å². The van der Waals surface area contributed by atoms with Crippen molar-refractivity contribution in [3.8, 4) is 10.6 Å². The molecule has 1 aromatic carbocycles. The van der Waals surface area contributed by atoms with Crippen LogP contribution in [-0.4, -0.2) is 16.1 Å². The second kappa shape index (κ2) is 5.36. The molecule has 0 radical (unpaired) electrons. The van der Waals surface area contributed by atoms with E-state index in [1.165, 1.54) is 11.3 Å². The van der Waals surface area contributed by atoms with Crippen molar-refractivity contribution in [1.82, 2.24) is 4.98 Å². The summed E-state index contributed by atoms with van der Waals surface area (Å²) >= 11 is 10.6. The van der Waals surface area contributed by atoms with E-state index < -0.39 is 12.0 Å². The van der Waals surface area contributed by atoms with Gasteiger partial charge in [-0.05, 0) is 18.2 Å². The van der Waals surface area contributed by atoms with Crippen LogP contribution in [0.5, 0.6) is 0 Å². The van der Waals surface area contributed by atoms with E-state index in [0.29, 0.717) is 15.7 Å². The average molecular weight is 348 g/mol. The lowest BCUT2D eigenvalue weighted by molar-refractivity contribution is -0.138. The van der Waals surface area contributed by atoms with Crippen LogP contribution in [0.25, 0.3) is 10.6 Å². The van der Waals surface area contributed by atoms with E-state index in [1.807, 2.05) is 6.07 Å². The van der Waals surface area contributed by atoms with E-state index in [1.54, 1.807) is 17.5 Å². The maximum Gasteiger partial charge on any atom is 0.326 e. The third-order valence-corrected chi connectivity index (χ3v) is 4.05. The zero-order valence-electron chi connectivity index (χ0n) is 8.93. The normalized spacial score (nSPS) is 12.4. The van der Waals surface area contributed by atoms with Crippen LogP contribution < -0.4 is 5.73 Å². The monoisotopic (exact) mass is 346 g/mol. The summed E-state index contributed by atoms with van der Waals surface area (Å²) in [6.45, 7) is 0. The van der Waals surface area contributed by atoms with Gasteiger partial charge in [0, 0.05) is 20.4 Å². The quantitative estimate of drug-likeness (QED) is 0.893. The third-order valence-electron chi connectivity index (χ3n) is 2.27. The molecule has 1 unspecified atom stereocenters. The molecule has 4 nitrogen and oxygen atoms in total. The molecular weight excluding hydrogens is 340 g/mol. The van der Waals surface area contributed by atoms with Crippen molar-refractivity contribution < 1.29 is 9.90 Å². The molecule has 1 heterocycles. The summed E-state index contributed by atoms with van der Waals surface area (Å²) in [5.41, 5.74) is 6.71. The Morgan fingerprint density at radius 1 is 1.56 bits per heavy atom. The maximum atomic E-state index is 10.8. The van der Waals surface area contributed by atoms with Gasteiger partial charge in [0.2, 0.25) is 0 Å². The van der Waals surface area contributed by atoms with Gasteiger partial charge in [-0.25, -0.2) is 4.98 Å². The summed E-state index contributed by atoms with van der Waals surface area (Å²) < 4.78 is 0.805. The number of nitrogens with two attached hydrogens (primary N) is 1. The van der Waals surface area contributed by atoms with Crippen molar-refractivity contribution in [3.05, 3.63) is 38.8 Å². The highest BCUT2D eigenvalue weighted by Gasteiger charge is 2.18. The Bertz CT molecular complexity index is 602. The number of carbonyl (C=O) groups is 1.